The highest BCUT2D eigenvalue weighted by molar-refractivity contribution is 5.94. The summed E-state index contributed by atoms with van der Waals surface area (Å²) in [7, 11) is 0. The smallest absolute Gasteiger partial charge is 0.335 e. The van der Waals surface area contributed by atoms with Gasteiger partial charge in [0.15, 0.2) is 0 Å². The van der Waals surface area contributed by atoms with Crippen LogP contribution in [0.3, 0.4) is 0 Å². The highest BCUT2D eigenvalue weighted by Gasteiger charge is 2.16. The summed E-state index contributed by atoms with van der Waals surface area (Å²) in [6.07, 6.45) is 3.85. The van der Waals surface area contributed by atoms with Crippen molar-refractivity contribution in [2.75, 3.05) is 0 Å². The molecule has 2 aromatic heterocycles. The lowest BCUT2D eigenvalue weighted by Gasteiger charge is -2.12. The standard InChI is InChI=1S/C19H17N5O4/c1-11-5-6-15(12(2)8-11)24-18(27)14(17(26)22-19(24)28)10-21-23-16(25)13-4-3-7-20-9-13/h3-10,27H,1-2H3,(H,23,25)(H,22,26,28). The molecule has 0 saturated heterocycles. The number of pyridine rings is 1. The predicted molar refractivity (Wildman–Crippen MR) is 103 cm³/mol. The molecule has 0 aliphatic heterocycles. The van der Waals surface area contributed by atoms with Gasteiger partial charge in [0, 0.05) is 12.4 Å². The molecule has 2 heterocycles. The highest BCUT2D eigenvalue weighted by atomic mass is 16.3. The molecule has 28 heavy (non-hydrogen) atoms. The van der Waals surface area contributed by atoms with E-state index in [1.807, 2.05) is 13.0 Å². The minimum Gasteiger partial charge on any atom is -0.493 e. The van der Waals surface area contributed by atoms with Gasteiger partial charge in [-0.15, -0.1) is 0 Å². The number of H-pyrrole nitrogens is 1. The summed E-state index contributed by atoms with van der Waals surface area (Å²) in [4.78, 5) is 42.2. The molecule has 3 rings (SSSR count). The largest absolute Gasteiger partial charge is 0.493 e. The van der Waals surface area contributed by atoms with Crippen molar-refractivity contribution in [3.05, 3.63) is 85.8 Å². The number of aromatic amines is 1. The number of hydrogen-bond donors (Lipinski definition) is 3. The lowest BCUT2D eigenvalue weighted by Crippen LogP contribution is -2.32. The van der Waals surface area contributed by atoms with Crippen molar-refractivity contribution < 1.29 is 9.90 Å². The molecular weight excluding hydrogens is 362 g/mol. The maximum absolute atomic E-state index is 12.2. The second kappa shape index (κ2) is 7.70. The number of aryl methyl sites for hydroxylation is 2. The van der Waals surface area contributed by atoms with Crippen LogP contribution in [0.5, 0.6) is 5.88 Å². The fourth-order valence-corrected chi connectivity index (χ4v) is 2.65. The van der Waals surface area contributed by atoms with Gasteiger partial charge in [0.25, 0.3) is 11.5 Å². The van der Waals surface area contributed by atoms with Crippen LogP contribution in [0.2, 0.25) is 0 Å². The number of hydrazone groups is 1. The Morgan fingerprint density at radius 1 is 1.29 bits per heavy atom. The van der Waals surface area contributed by atoms with Crippen LogP contribution < -0.4 is 16.7 Å². The van der Waals surface area contributed by atoms with E-state index in [0.29, 0.717) is 5.69 Å². The van der Waals surface area contributed by atoms with Crippen LogP contribution in [0.25, 0.3) is 5.69 Å². The topological polar surface area (TPSA) is 129 Å². The van der Waals surface area contributed by atoms with Crippen molar-refractivity contribution in [1.82, 2.24) is 20.0 Å². The first-order chi connectivity index (χ1) is 13.4. The van der Waals surface area contributed by atoms with E-state index in [9.17, 15) is 19.5 Å². The third-order valence-electron chi connectivity index (χ3n) is 4.00. The Morgan fingerprint density at radius 3 is 2.75 bits per heavy atom. The molecule has 9 nitrogen and oxygen atoms in total. The molecule has 0 fully saturated rings. The average molecular weight is 379 g/mol. The Labute approximate surface area is 159 Å². The third kappa shape index (κ3) is 3.73. The minimum absolute atomic E-state index is 0.272. The van der Waals surface area contributed by atoms with Gasteiger partial charge in [-0.05, 0) is 37.6 Å². The number of benzene rings is 1. The molecule has 0 saturated carbocycles. The van der Waals surface area contributed by atoms with E-state index >= 15 is 0 Å². The zero-order valence-corrected chi connectivity index (χ0v) is 15.1. The first-order valence-corrected chi connectivity index (χ1v) is 8.28. The van der Waals surface area contributed by atoms with Crippen LogP contribution in [0, 0.1) is 13.8 Å². The Morgan fingerprint density at radius 2 is 2.07 bits per heavy atom. The van der Waals surface area contributed by atoms with Crippen LogP contribution in [0.15, 0.2) is 57.4 Å². The summed E-state index contributed by atoms with van der Waals surface area (Å²) in [6, 6.07) is 8.42. The quantitative estimate of drug-likeness (QED) is 0.460. The van der Waals surface area contributed by atoms with Gasteiger partial charge in [0.2, 0.25) is 5.88 Å². The molecule has 1 aromatic carbocycles. The van der Waals surface area contributed by atoms with E-state index in [0.717, 1.165) is 21.9 Å². The first-order valence-electron chi connectivity index (χ1n) is 8.28. The highest BCUT2D eigenvalue weighted by Crippen LogP contribution is 2.19. The monoisotopic (exact) mass is 379 g/mol. The van der Waals surface area contributed by atoms with Crippen molar-refractivity contribution in [1.29, 1.82) is 0 Å². The predicted octanol–water partition coefficient (Wildman–Crippen LogP) is 1.01. The molecule has 9 heteroatoms. The number of aromatic hydroxyl groups is 1. The van der Waals surface area contributed by atoms with Gasteiger partial charge in [-0.1, -0.05) is 17.7 Å². The fourth-order valence-electron chi connectivity index (χ4n) is 2.65. The van der Waals surface area contributed by atoms with Crippen molar-refractivity contribution in [2.24, 2.45) is 5.10 Å². The van der Waals surface area contributed by atoms with E-state index in [4.69, 9.17) is 0 Å². The third-order valence-corrected chi connectivity index (χ3v) is 4.00. The van der Waals surface area contributed by atoms with E-state index in [1.165, 1.54) is 12.4 Å². The maximum Gasteiger partial charge on any atom is 0.335 e. The minimum atomic E-state index is -0.831. The number of carbonyl (C=O) groups is 1. The lowest BCUT2D eigenvalue weighted by molar-refractivity contribution is 0.0954. The van der Waals surface area contributed by atoms with Crippen LogP contribution in [0.4, 0.5) is 0 Å². The zero-order chi connectivity index (χ0) is 20.3. The summed E-state index contributed by atoms with van der Waals surface area (Å²) in [5.74, 6) is -1.12. The molecule has 0 bridgehead atoms. The second-order valence-corrected chi connectivity index (χ2v) is 6.06. The Bertz CT molecular complexity index is 1180. The SMILES string of the molecule is Cc1ccc(-n2c(O)c(C=NNC(=O)c3cccnc3)c(=O)[nH]c2=O)c(C)c1. The summed E-state index contributed by atoms with van der Waals surface area (Å²) < 4.78 is 0.973. The van der Waals surface area contributed by atoms with Gasteiger partial charge in [-0.25, -0.2) is 14.8 Å². The number of rotatable bonds is 4. The van der Waals surface area contributed by atoms with E-state index < -0.39 is 23.0 Å². The van der Waals surface area contributed by atoms with Gasteiger partial charge in [-0.3, -0.25) is 19.6 Å². The van der Waals surface area contributed by atoms with Crippen LogP contribution in [0.1, 0.15) is 27.0 Å². The van der Waals surface area contributed by atoms with Crippen LogP contribution >= 0.6 is 0 Å². The van der Waals surface area contributed by atoms with Gasteiger partial charge in [0.05, 0.1) is 17.5 Å². The number of aromatic nitrogens is 3. The van der Waals surface area contributed by atoms with Crippen LogP contribution in [-0.4, -0.2) is 31.8 Å². The molecule has 0 unspecified atom stereocenters. The first kappa shape index (κ1) is 18.8. The van der Waals surface area contributed by atoms with E-state index in [-0.39, 0.29) is 11.1 Å². The summed E-state index contributed by atoms with van der Waals surface area (Å²) in [6.45, 7) is 3.68. The summed E-state index contributed by atoms with van der Waals surface area (Å²) in [5.41, 5.74) is 2.75. The maximum atomic E-state index is 12.2. The van der Waals surface area contributed by atoms with Crippen LogP contribution in [-0.2, 0) is 0 Å². The van der Waals surface area contributed by atoms with Crippen molar-refractivity contribution in [3.63, 3.8) is 0 Å². The molecule has 3 N–H and O–H groups in total. The second-order valence-electron chi connectivity index (χ2n) is 6.06. The van der Waals surface area contributed by atoms with Crippen molar-refractivity contribution in [2.45, 2.75) is 13.8 Å². The molecule has 1 amide bonds. The number of hydrogen-bond acceptors (Lipinski definition) is 6. The molecule has 0 aliphatic rings. The molecule has 0 spiro atoms. The fraction of sp³-hybridized carbons (Fsp3) is 0.105. The molecule has 3 aromatic rings. The Hall–Kier alpha value is -4.01. The lowest BCUT2D eigenvalue weighted by atomic mass is 10.1. The van der Waals surface area contributed by atoms with Gasteiger partial charge >= 0.3 is 5.69 Å². The normalized spacial score (nSPS) is 10.9. The molecule has 0 aliphatic carbocycles. The van der Waals surface area contributed by atoms with E-state index in [1.54, 1.807) is 31.2 Å². The molecular formula is C19H17N5O4. The molecule has 0 atom stereocenters. The zero-order valence-electron chi connectivity index (χ0n) is 15.1. The van der Waals surface area contributed by atoms with Gasteiger partial charge in [0.1, 0.15) is 5.56 Å². The van der Waals surface area contributed by atoms with Crippen molar-refractivity contribution in [3.8, 4) is 11.6 Å². The summed E-state index contributed by atoms with van der Waals surface area (Å²) in [5, 5.41) is 14.2. The number of nitrogens with one attached hydrogen (secondary N) is 2. The number of nitrogens with zero attached hydrogens (tertiary/aromatic N) is 3. The van der Waals surface area contributed by atoms with Gasteiger partial charge < -0.3 is 5.11 Å². The number of amides is 1. The Balaban J connectivity index is 1.97. The van der Waals surface area contributed by atoms with Gasteiger partial charge in [-0.2, -0.15) is 5.10 Å². The Kier molecular flexibility index (Phi) is 5.16. The summed E-state index contributed by atoms with van der Waals surface area (Å²) >= 11 is 0. The average Bonchev–Trinajstić information content (AvgIpc) is 2.66. The molecule has 142 valence electrons. The number of carbonyl (C=O) groups excluding carboxylic acids is 1. The van der Waals surface area contributed by atoms with E-state index in [2.05, 4.69) is 20.5 Å². The molecule has 0 radical (unpaired) electrons. The van der Waals surface area contributed by atoms with Crippen molar-refractivity contribution >= 4 is 12.1 Å².